The van der Waals surface area contributed by atoms with Gasteiger partial charge in [-0.15, -0.1) is 0 Å². The van der Waals surface area contributed by atoms with Gasteiger partial charge in [0, 0.05) is 50.4 Å². The highest BCUT2D eigenvalue weighted by molar-refractivity contribution is 5.99. The number of morpholine rings is 1. The zero-order valence-electron chi connectivity index (χ0n) is 18.0. The lowest BCUT2D eigenvalue weighted by Gasteiger charge is -2.33. The Labute approximate surface area is 181 Å². The summed E-state index contributed by atoms with van der Waals surface area (Å²) in [6.45, 7) is 7.72. The summed E-state index contributed by atoms with van der Waals surface area (Å²) in [4.78, 5) is 38.1. The Bertz CT molecular complexity index is 915. The third kappa shape index (κ3) is 6.40. The van der Waals surface area contributed by atoms with E-state index >= 15 is 0 Å². The number of rotatable bonds is 7. The molecule has 1 aromatic carbocycles. The van der Waals surface area contributed by atoms with Gasteiger partial charge in [0.05, 0.1) is 19.3 Å². The summed E-state index contributed by atoms with van der Waals surface area (Å²) >= 11 is 0. The molecule has 1 fully saturated rings. The van der Waals surface area contributed by atoms with Gasteiger partial charge in [0.2, 0.25) is 11.8 Å². The highest BCUT2D eigenvalue weighted by atomic mass is 16.5. The van der Waals surface area contributed by atoms with Crippen molar-refractivity contribution < 1.29 is 23.5 Å². The van der Waals surface area contributed by atoms with Crippen LogP contribution in [0.3, 0.4) is 0 Å². The van der Waals surface area contributed by atoms with Gasteiger partial charge in [0.1, 0.15) is 11.5 Å². The fraction of sp³-hybridized carbons (Fsp3) is 0.409. The predicted molar refractivity (Wildman–Crippen MR) is 116 cm³/mol. The lowest BCUT2D eigenvalue weighted by molar-refractivity contribution is -0.115. The molecular weight excluding hydrogens is 400 g/mol. The molecule has 1 aromatic heterocycles. The number of hydrogen-bond acceptors (Lipinski definition) is 6. The summed E-state index contributed by atoms with van der Waals surface area (Å²) in [5.74, 6) is 0.729. The molecule has 1 unspecified atom stereocenters. The van der Waals surface area contributed by atoms with E-state index in [2.05, 4.69) is 20.9 Å². The minimum atomic E-state index is -0.319. The zero-order chi connectivity index (χ0) is 22.4. The van der Waals surface area contributed by atoms with Gasteiger partial charge in [-0.3, -0.25) is 19.3 Å². The van der Waals surface area contributed by atoms with E-state index in [0.717, 1.165) is 24.6 Å². The molecule has 3 N–H and O–H groups in total. The molecular formula is C22H28N4O5. The molecule has 31 heavy (non-hydrogen) atoms. The number of carbonyl (C=O) groups is 3. The van der Waals surface area contributed by atoms with Crippen LogP contribution in [-0.4, -0.2) is 55.5 Å². The molecule has 0 bridgehead atoms. The Hall–Kier alpha value is -3.17. The summed E-state index contributed by atoms with van der Waals surface area (Å²) in [5, 5.41) is 8.26. The van der Waals surface area contributed by atoms with Crippen molar-refractivity contribution in [3.05, 3.63) is 47.4 Å². The van der Waals surface area contributed by atoms with Crippen LogP contribution in [0.4, 0.5) is 11.4 Å². The first-order chi connectivity index (χ1) is 14.8. The Morgan fingerprint density at radius 2 is 1.61 bits per heavy atom. The van der Waals surface area contributed by atoms with Crippen molar-refractivity contribution in [3.8, 4) is 0 Å². The van der Waals surface area contributed by atoms with E-state index < -0.39 is 0 Å². The number of carbonyl (C=O) groups excluding carboxylic acids is 3. The lowest BCUT2D eigenvalue weighted by Crippen LogP contribution is -2.43. The average Bonchev–Trinajstić information content (AvgIpc) is 3.13. The Balaban J connectivity index is 1.77. The SMILES string of the molecule is CC(=O)Nc1cc(NC(C)=O)cc(C(=O)NCC(c2ccc(C)o2)N2CCOCC2)c1. The standard InChI is InChI=1S/C22H28N4O5/c1-14-4-5-21(31-14)20(26-6-8-30-9-7-26)13-23-22(29)17-10-18(24-15(2)27)12-19(11-17)25-16(3)28/h4-5,10-12,20H,6-9,13H2,1-3H3,(H,23,29)(H,24,27)(H,25,28). The molecule has 1 aliphatic rings. The van der Waals surface area contributed by atoms with E-state index in [9.17, 15) is 14.4 Å². The molecule has 1 atom stereocenters. The molecule has 1 saturated heterocycles. The summed E-state index contributed by atoms with van der Waals surface area (Å²) < 4.78 is 11.3. The number of hydrogen-bond donors (Lipinski definition) is 3. The fourth-order valence-corrected chi connectivity index (χ4v) is 3.53. The predicted octanol–water partition coefficient (Wildman–Crippen LogP) is 2.31. The van der Waals surface area contributed by atoms with Crippen molar-refractivity contribution in [2.24, 2.45) is 0 Å². The maximum Gasteiger partial charge on any atom is 0.251 e. The maximum absolute atomic E-state index is 12.9. The number of anilines is 2. The van der Waals surface area contributed by atoms with Crippen LogP contribution in [0.15, 0.2) is 34.7 Å². The van der Waals surface area contributed by atoms with E-state index in [1.54, 1.807) is 18.2 Å². The van der Waals surface area contributed by atoms with E-state index in [0.29, 0.717) is 36.7 Å². The van der Waals surface area contributed by atoms with E-state index in [1.165, 1.54) is 13.8 Å². The minimum absolute atomic E-state index is 0.130. The van der Waals surface area contributed by atoms with Crippen LogP contribution >= 0.6 is 0 Å². The van der Waals surface area contributed by atoms with Gasteiger partial charge >= 0.3 is 0 Å². The van der Waals surface area contributed by atoms with Crippen molar-refractivity contribution in [3.63, 3.8) is 0 Å². The Morgan fingerprint density at radius 3 is 2.13 bits per heavy atom. The van der Waals surface area contributed by atoms with Crippen molar-refractivity contribution in [1.29, 1.82) is 0 Å². The van der Waals surface area contributed by atoms with Gasteiger partial charge in [-0.05, 0) is 37.3 Å². The van der Waals surface area contributed by atoms with Gasteiger partial charge in [-0.2, -0.15) is 0 Å². The van der Waals surface area contributed by atoms with Crippen LogP contribution < -0.4 is 16.0 Å². The third-order valence-electron chi connectivity index (χ3n) is 4.87. The highest BCUT2D eigenvalue weighted by Crippen LogP contribution is 2.24. The zero-order valence-corrected chi connectivity index (χ0v) is 18.0. The lowest BCUT2D eigenvalue weighted by atomic mass is 10.1. The second-order valence-corrected chi connectivity index (χ2v) is 7.48. The topological polar surface area (TPSA) is 113 Å². The number of nitrogens with zero attached hydrogens (tertiary/aromatic N) is 1. The van der Waals surface area contributed by atoms with Crippen LogP contribution in [0.5, 0.6) is 0 Å². The summed E-state index contributed by atoms with van der Waals surface area (Å²) in [5.41, 5.74) is 1.18. The van der Waals surface area contributed by atoms with E-state index in [1.807, 2.05) is 19.1 Å². The monoisotopic (exact) mass is 428 g/mol. The number of ether oxygens (including phenoxy) is 1. The fourth-order valence-electron chi connectivity index (χ4n) is 3.53. The average molecular weight is 428 g/mol. The van der Waals surface area contributed by atoms with Crippen LogP contribution in [0, 0.1) is 6.92 Å². The number of benzene rings is 1. The van der Waals surface area contributed by atoms with Crippen LogP contribution in [0.1, 0.15) is 41.8 Å². The van der Waals surface area contributed by atoms with Crippen LogP contribution in [-0.2, 0) is 14.3 Å². The quantitative estimate of drug-likeness (QED) is 0.624. The Kier molecular flexibility index (Phi) is 7.43. The van der Waals surface area contributed by atoms with Gasteiger partial charge in [-0.25, -0.2) is 0 Å². The molecule has 9 nitrogen and oxygen atoms in total. The molecule has 0 radical (unpaired) electrons. The van der Waals surface area contributed by atoms with E-state index in [-0.39, 0.29) is 23.8 Å². The third-order valence-corrected chi connectivity index (χ3v) is 4.87. The molecule has 2 heterocycles. The van der Waals surface area contributed by atoms with Crippen LogP contribution in [0.25, 0.3) is 0 Å². The molecule has 2 aromatic rings. The van der Waals surface area contributed by atoms with Crippen molar-refractivity contribution in [1.82, 2.24) is 10.2 Å². The molecule has 1 aliphatic heterocycles. The maximum atomic E-state index is 12.9. The molecule has 0 saturated carbocycles. The van der Waals surface area contributed by atoms with Crippen molar-refractivity contribution in [2.75, 3.05) is 43.5 Å². The number of furan rings is 1. The second kappa shape index (κ2) is 10.2. The van der Waals surface area contributed by atoms with E-state index in [4.69, 9.17) is 9.15 Å². The normalized spacial score (nSPS) is 15.2. The van der Waals surface area contributed by atoms with Crippen LogP contribution in [0.2, 0.25) is 0 Å². The van der Waals surface area contributed by atoms with Gasteiger partial charge in [0.15, 0.2) is 0 Å². The first kappa shape index (κ1) is 22.5. The minimum Gasteiger partial charge on any atom is -0.465 e. The second-order valence-electron chi connectivity index (χ2n) is 7.48. The molecule has 0 spiro atoms. The highest BCUT2D eigenvalue weighted by Gasteiger charge is 2.26. The van der Waals surface area contributed by atoms with Crippen molar-refractivity contribution >= 4 is 29.1 Å². The summed E-state index contributed by atoms with van der Waals surface area (Å²) in [7, 11) is 0. The largest absolute Gasteiger partial charge is 0.465 e. The summed E-state index contributed by atoms with van der Waals surface area (Å²) in [6.07, 6.45) is 0. The molecule has 3 rings (SSSR count). The molecule has 0 aliphatic carbocycles. The smallest absolute Gasteiger partial charge is 0.251 e. The van der Waals surface area contributed by atoms with Gasteiger partial charge in [-0.1, -0.05) is 0 Å². The number of aryl methyl sites for hydroxylation is 1. The molecule has 9 heteroatoms. The molecule has 166 valence electrons. The summed E-state index contributed by atoms with van der Waals surface area (Å²) in [6, 6.07) is 8.44. The van der Waals surface area contributed by atoms with Crippen molar-refractivity contribution in [2.45, 2.75) is 26.8 Å². The van der Waals surface area contributed by atoms with Gasteiger partial charge in [0.25, 0.3) is 5.91 Å². The Morgan fingerprint density at radius 1 is 1.00 bits per heavy atom. The number of amides is 3. The molecule has 3 amide bonds. The number of nitrogens with one attached hydrogen (secondary N) is 3. The first-order valence-corrected chi connectivity index (χ1v) is 10.2. The first-order valence-electron chi connectivity index (χ1n) is 10.2. The van der Waals surface area contributed by atoms with Gasteiger partial charge < -0.3 is 25.1 Å².